The highest BCUT2D eigenvalue weighted by molar-refractivity contribution is 7.90. The summed E-state index contributed by atoms with van der Waals surface area (Å²) in [7, 11) is -3.33. The third-order valence-corrected chi connectivity index (χ3v) is 4.34. The van der Waals surface area contributed by atoms with Crippen molar-refractivity contribution in [3.63, 3.8) is 0 Å². The molecule has 2 aromatic rings. The number of anilines is 1. The Morgan fingerprint density at radius 2 is 1.78 bits per heavy atom. The van der Waals surface area contributed by atoms with Gasteiger partial charge in [0.2, 0.25) is 0 Å². The summed E-state index contributed by atoms with van der Waals surface area (Å²) in [6, 6.07) is 13.9. The number of aryl methyl sites for hydroxylation is 1. The van der Waals surface area contributed by atoms with E-state index in [0.717, 1.165) is 11.1 Å². The second kappa shape index (κ2) is 4.82. The molecule has 2 aromatic carbocycles. The fourth-order valence-electron chi connectivity index (χ4n) is 1.81. The molecule has 0 atom stereocenters. The largest absolute Gasteiger partial charge is 0.399 e. The Labute approximate surface area is 107 Å². The van der Waals surface area contributed by atoms with Crippen LogP contribution in [-0.4, -0.2) is 8.42 Å². The van der Waals surface area contributed by atoms with Crippen LogP contribution in [0.4, 0.5) is 5.69 Å². The number of sulfone groups is 1. The number of hydrogen-bond donors (Lipinski definition) is 1. The average Bonchev–Trinajstić information content (AvgIpc) is 2.28. The first-order valence-corrected chi connectivity index (χ1v) is 7.26. The van der Waals surface area contributed by atoms with Crippen LogP contribution in [0, 0.1) is 6.92 Å². The Bertz CT molecular complexity index is 663. The maximum absolute atomic E-state index is 12.2. The summed E-state index contributed by atoms with van der Waals surface area (Å²) in [6.45, 7) is 1.94. The molecule has 0 fully saturated rings. The molecule has 0 aliphatic carbocycles. The minimum Gasteiger partial charge on any atom is -0.399 e. The highest BCUT2D eigenvalue weighted by atomic mass is 32.2. The van der Waals surface area contributed by atoms with Crippen LogP contribution in [0.5, 0.6) is 0 Å². The molecule has 0 radical (unpaired) electrons. The molecule has 3 nitrogen and oxygen atoms in total. The van der Waals surface area contributed by atoms with Gasteiger partial charge in [0.15, 0.2) is 9.84 Å². The van der Waals surface area contributed by atoms with Gasteiger partial charge in [0.25, 0.3) is 0 Å². The monoisotopic (exact) mass is 261 g/mol. The molecule has 0 amide bonds. The number of nitrogen functional groups attached to an aromatic ring is 1. The highest BCUT2D eigenvalue weighted by Crippen LogP contribution is 2.19. The third-order valence-electron chi connectivity index (χ3n) is 2.66. The topological polar surface area (TPSA) is 60.2 Å². The van der Waals surface area contributed by atoms with E-state index in [-0.39, 0.29) is 10.6 Å². The van der Waals surface area contributed by atoms with Gasteiger partial charge >= 0.3 is 0 Å². The first kappa shape index (κ1) is 12.6. The molecular formula is C14H15NO2S. The van der Waals surface area contributed by atoms with Crippen molar-refractivity contribution in [2.75, 3.05) is 5.73 Å². The number of rotatable bonds is 3. The number of benzene rings is 2. The average molecular weight is 261 g/mol. The van der Waals surface area contributed by atoms with Crippen LogP contribution in [0.3, 0.4) is 0 Å². The SMILES string of the molecule is Cc1cccc(CS(=O)(=O)c2cccc(N)c2)c1. The van der Waals surface area contributed by atoms with Crippen molar-refractivity contribution in [3.8, 4) is 0 Å². The molecule has 2 N–H and O–H groups in total. The van der Waals surface area contributed by atoms with E-state index in [1.807, 2.05) is 31.2 Å². The summed E-state index contributed by atoms with van der Waals surface area (Å²) in [5.41, 5.74) is 7.91. The maximum atomic E-state index is 12.2. The predicted octanol–water partition coefficient (Wildman–Crippen LogP) is 2.55. The van der Waals surface area contributed by atoms with Crippen LogP contribution in [-0.2, 0) is 15.6 Å². The predicted molar refractivity (Wildman–Crippen MR) is 72.9 cm³/mol. The Morgan fingerprint density at radius 1 is 1.06 bits per heavy atom. The van der Waals surface area contributed by atoms with Crippen LogP contribution in [0.1, 0.15) is 11.1 Å². The fraction of sp³-hybridized carbons (Fsp3) is 0.143. The zero-order chi connectivity index (χ0) is 13.2. The summed E-state index contributed by atoms with van der Waals surface area (Å²) in [5, 5.41) is 0. The number of hydrogen-bond acceptors (Lipinski definition) is 3. The molecule has 94 valence electrons. The minimum absolute atomic E-state index is 0.00185. The lowest BCUT2D eigenvalue weighted by Crippen LogP contribution is -2.05. The van der Waals surface area contributed by atoms with E-state index in [2.05, 4.69) is 0 Å². The normalized spacial score (nSPS) is 11.4. The van der Waals surface area contributed by atoms with Gasteiger partial charge in [0, 0.05) is 5.69 Å². The quantitative estimate of drug-likeness (QED) is 0.864. The third kappa shape index (κ3) is 2.90. The van der Waals surface area contributed by atoms with Gasteiger partial charge in [0.1, 0.15) is 0 Å². The first-order chi connectivity index (χ1) is 8.47. The van der Waals surface area contributed by atoms with Crippen molar-refractivity contribution in [3.05, 3.63) is 59.7 Å². The molecule has 0 aliphatic heterocycles. The van der Waals surface area contributed by atoms with E-state index >= 15 is 0 Å². The van der Waals surface area contributed by atoms with Gasteiger partial charge in [0.05, 0.1) is 10.6 Å². The molecule has 0 saturated heterocycles. The van der Waals surface area contributed by atoms with E-state index in [1.165, 1.54) is 6.07 Å². The van der Waals surface area contributed by atoms with Gasteiger partial charge in [-0.25, -0.2) is 8.42 Å². The lowest BCUT2D eigenvalue weighted by molar-refractivity contribution is 0.595. The molecule has 0 aliphatic rings. The van der Waals surface area contributed by atoms with Gasteiger partial charge in [-0.3, -0.25) is 0 Å². The summed E-state index contributed by atoms with van der Waals surface area (Å²) in [4.78, 5) is 0.268. The Hall–Kier alpha value is -1.81. The van der Waals surface area contributed by atoms with Gasteiger partial charge in [-0.05, 0) is 30.7 Å². The fourth-order valence-corrected chi connectivity index (χ4v) is 3.20. The van der Waals surface area contributed by atoms with E-state index in [4.69, 9.17) is 5.73 Å². The standard InChI is InChI=1S/C14H15NO2S/c1-11-4-2-5-12(8-11)10-18(16,17)14-7-3-6-13(15)9-14/h2-9H,10,15H2,1H3. The Morgan fingerprint density at radius 3 is 2.44 bits per heavy atom. The molecule has 18 heavy (non-hydrogen) atoms. The Balaban J connectivity index is 2.33. The van der Waals surface area contributed by atoms with Crippen LogP contribution in [0.2, 0.25) is 0 Å². The molecule has 4 heteroatoms. The van der Waals surface area contributed by atoms with E-state index in [1.54, 1.807) is 18.2 Å². The van der Waals surface area contributed by atoms with Crippen LogP contribution >= 0.6 is 0 Å². The van der Waals surface area contributed by atoms with E-state index in [0.29, 0.717) is 5.69 Å². The Kier molecular flexibility index (Phi) is 3.39. The van der Waals surface area contributed by atoms with Crippen molar-refractivity contribution in [1.29, 1.82) is 0 Å². The van der Waals surface area contributed by atoms with Crippen LogP contribution in [0.15, 0.2) is 53.4 Å². The van der Waals surface area contributed by atoms with Crippen molar-refractivity contribution in [2.24, 2.45) is 0 Å². The van der Waals surface area contributed by atoms with Crippen molar-refractivity contribution in [2.45, 2.75) is 17.6 Å². The summed E-state index contributed by atoms with van der Waals surface area (Å²) in [5.74, 6) is -0.00185. The molecule has 0 saturated carbocycles. The summed E-state index contributed by atoms with van der Waals surface area (Å²) < 4.78 is 24.4. The molecule has 2 rings (SSSR count). The smallest absolute Gasteiger partial charge is 0.182 e. The van der Waals surface area contributed by atoms with Gasteiger partial charge < -0.3 is 5.73 Å². The first-order valence-electron chi connectivity index (χ1n) is 5.61. The zero-order valence-electron chi connectivity index (χ0n) is 10.1. The van der Waals surface area contributed by atoms with Crippen LogP contribution < -0.4 is 5.73 Å². The molecule has 0 bridgehead atoms. The van der Waals surface area contributed by atoms with E-state index in [9.17, 15) is 8.42 Å². The molecular weight excluding hydrogens is 246 g/mol. The zero-order valence-corrected chi connectivity index (χ0v) is 10.9. The van der Waals surface area contributed by atoms with Crippen molar-refractivity contribution in [1.82, 2.24) is 0 Å². The van der Waals surface area contributed by atoms with Crippen LogP contribution in [0.25, 0.3) is 0 Å². The number of nitrogens with two attached hydrogens (primary N) is 1. The second-order valence-electron chi connectivity index (χ2n) is 4.32. The van der Waals surface area contributed by atoms with Gasteiger partial charge in [-0.15, -0.1) is 0 Å². The van der Waals surface area contributed by atoms with Gasteiger partial charge in [-0.2, -0.15) is 0 Å². The highest BCUT2D eigenvalue weighted by Gasteiger charge is 2.15. The van der Waals surface area contributed by atoms with Crippen molar-refractivity contribution < 1.29 is 8.42 Å². The maximum Gasteiger partial charge on any atom is 0.182 e. The molecule has 0 aromatic heterocycles. The summed E-state index contributed by atoms with van der Waals surface area (Å²) in [6.07, 6.45) is 0. The second-order valence-corrected chi connectivity index (χ2v) is 6.31. The van der Waals surface area contributed by atoms with E-state index < -0.39 is 9.84 Å². The van der Waals surface area contributed by atoms with Gasteiger partial charge in [-0.1, -0.05) is 35.9 Å². The summed E-state index contributed by atoms with van der Waals surface area (Å²) >= 11 is 0. The lowest BCUT2D eigenvalue weighted by Gasteiger charge is -2.06. The minimum atomic E-state index is -3.33. The van der Waals surface area contributed by atoms with Crippen molar-refractivity contribution >= 4 is 15.5 Å². The molecule has 0 spiro atoms. The molecule has 0 unspecified atom stereocenters. The lowest BCUT2D eigenvalue weighted by atomic mass is 10.2. The molecule has 0 heterocycles.